The highest BCUT2D eigenvalue weighted by atomic mass is 28.3. The van der Waals surface area contributed by atoms with E-state index in [1.165, 1.54) is 87.0 Å². The van der Waals surface area contributed by atoms with Gasteiger partial charge in [0.05, 0.1) is 0 Å². The van der Waals surface area contributed by atoms with E-state index >= 15 is 0 Å². The number of rotatable bonds is 4. The number of hydrogen-bond acceptors (Lipinski definition) is 2. The number of furan rings is 1. The summed E-state index contributed by atoms with van der Waals surface area (Å²) >= 11 is 0. The minimum atomic E-state index is -2.09. The zero-order valence-corrected chi connectivity index (χ0v) is 32.9. The average molecular weight is 726 g/mol. The summed E-state index contributed by atoms with van der Waals surface area (Å²) in [5.41, 5.74) is 13.3. The Labute approximate surface area is 318 Å². The van der Waals surface area contributed by atoms with E-state index in [9.17, 15) is 0 Å². The Kier molecular flexibility index (Phi) is 6.60. The summed E-state index contributed by atoms with van der Waals surface area (Å²) in [6, 6.07) is 61.1. The number of anilines is 3. The number of hydrogen-bond donors (Lipinski definition) is 0. The summed E-state index contributed by atoms with van der Waals surface area (Å²) in [5.74, 6) is 0. The molecule has 2 nitrogen and oxygen atoms in total. The molecular weight excluding hydrogens is 687 g/mol. The van der Waals surface area contributed by atoms with E-state index < -0.39 is 16.1 Å². The van der Waals surface area contributed by atoms with Gasteiger partial charge in [-0.15, -0.1) is 0 Å². The van der Waals surface area contributed by atoms with Gasteiger partial charge in [-0.25, -0.2) is 0 Å². The Bertz CT molecular complexity index is 3020. The van der Waals surface area contributed by atoms with Crippen molar-refractivity contribution in [2.45, 2.75) is 26.2 Å². The second-order valence-corrected chi connectivity index (χ2v) is 24.8. The van der Waals surface area contributed by atoms with Crippen molar-refractivity contribution in [3.63, 3.8) is 0 Å². The van der Waals surface area contributed by atoms with E-state index in [0.717, 1.165) is 16.9 Å². The molecule has 0 fully saturated rings. The van der Waals surface area contributed by atoms with Gasteiger partial charge in [-0.2, -0.15) is 0 Å². The second kappa shape index (κ2) is 11.3. The maximum Gasteiger partial charge on any atom is 0.143 e. The molecule has 0 atom stereocenters. The number of nitrogens with zero attached hydrogens (tertiary/aromatic N) is 1. The van der Waals surface area contributed by atoms with Crippen molar-refractivity contribution in [3.05, 3.63) is 164 Å². The minimum absolute atomic E-state index is 0.951. The highest BCUT2D eigenvalue weighted by Gasteiger charge is 2.41. The lowest BCUT2D eigenvalue weighted by Crippen LogP contribution is -2.49. The summed E-state index contributed by atoms with van der Waals surface area (Å²) in [6.45, 7) is 9.99. The van der Waals surface area contributed by atoms with Gasteiger partial charge in [-0.05, 0) is 102 Å². The SMILES string of the molecule is C[Si]1(C)c2ccccc2-c2cc(N(c3cccc(-c4cccc5ccccc45)c3)c3ccc4c(c3)[Si](C)(C)c3ccc5c(oc6ccccc65)c3-4)ccc21. The first-order valence-electron chi connectivity index (χ1n) is 19.0. The van der Waals surface area contributed by atoms with Gasteiger partial charge in [0.1, 0.15) is 27.3 Å². The summed E-state index contributed by atoms with van der Waals surface area (Å²) in [6.07, 6.45) is 0. The molecule has 0 bridgehead atoms. The molecule has 258 valence electrons. The van der Waals surface area contributed by atoms with Crippen molar-refractivity contribution in [2.24, 2.45) is 0 Å². The molecule has 0 aliphatic carbocycles. The summed E-state index contributed by atoms with van der Waals surface area (Å²) in [7, 11) is -3.89. The van der Waals surface area contributed by atoms with Gasteiger partial charge in [-0.3, -0.25) is 0 Å². The molecule has 0 N–H and O–H groups in total. The average Bonchev–Trinajstić information content (AvgIpc) is 3.77. The molecular formula is C50H39NOSi2. The maximum absolute atomic E-state index is 6.65. The van der Waals surface area contributed by atoms with Gasteiger partial charge < -0.3 is 9.32 Å². The van der Waals surface area contributed by atoms with Crippen molar-refractivity contribution in [2.75, 3.05) is 4.90 Å². The molecule has 54 heavy (non-hydrogen) atoms. The fourth-order valence-corrected chi connectivity index (χ4v) is 15.8. The molecule has 8 aromatic carbocycles. The Morgan fingerprint density at radius 3 is 1.96 bits per heavy atom. The fraction of sp³-hybridized carbons (Fsp3) is 0.0800. The van der Waals surface area contributed by atoms with Crippen LogP contribution in [0.3, 0.4) is 0 Å². The quantitative estimate of drug-likeness (QED) is 0.168. The summed E-state index contributed by atoms with van der Waals surface area (Å²) < 4.78 is 6.65. The van der Waals surface area contributed by atoms with Gasteiger partial charge in [0.25, 0.3) is 0 Å². The van der Waals surface area contributed by atoms with Gasteiger partial charge in [0.2, 0.25) is 0 Å². The Morgan fingerprint density at radius 1 is 0.407 bits per heavy atom. The molecule has 1 aromatic heterocycles. The minimum Gasteiger partial charge on any atom is -0.455 e. The van der Waals surface area contributed by atoms with E-state index in [-0.39, 0.29) is 0 Å². The zero-order valence-electron chi connectivity index (χ0n) is 30.9. The first-order chi connectivity index (χ1) is 26.3. The molecule has 2 aliphatic rings. The van der Waals surface area contributed by atoms with E-state index in [0.29, 0.717) is 0 Å². The van der Waals surface area contributed by atoms with Crippen LogP contribution >= 0.6 is 0 Å². The van der Waals surface area contributed by atoms with E-state index in [2.05, 4.69) is 195 Å². The van der Waals surface area contributed by atoms with Crippen molar-refractivity contribution < 1.29 is 4.42 Å². The number of benzene rings is 8. The van der Waals surface area contributed by atoms with Crippen LogP contribution in [0.4, 0.5) is 17.1 Å². The molecule has 2 aliphatic heterocycles. The lowest BCUT2D eigenvalue weighted by molar-refractivity contribution is 0.670. The van der Waals surface area contributed by atoms with Crippen LogP contribution in [0.25, 0.3) is 66.1 Å². The molecule has 0 radical (unpaired) electrons. The third-order valence-corrected chi connectivity index (χ3v) is 19.5. The van der Waals surface area contributed by atoms with Gasteiger partial charge >= 0.3 is 0 Å². The van der Waals surface area contributed by atoms with E-state index in [1.807, 2.05) is 0 Å². The van der Waals surface area contributed by atoms with Crippen LogP contribution in [-0.2, 0) is 0 Å². The lowest BCUT2D eigenvalue weighted by atomic mass is 9.97. The smallest absolute Gasteiger partial charge is 0.143 e. The zero-order chi connectivity index (χ0) is 36.3. The van der Waals surface area contributed by atoms with E-state index in [1.54, 1.807) is 0 Å². The van der Waals surface area contributed by atoms with Crippen LogP contribution < -0.4 is 25.6 Å². The monoisotopic (exact) mass is 725 g/mol. The second-order valence-electron chi connectivity index (χ2n) is 16.1. The first-order valence-corrected chi connectivity index (χ1v) is 25.0. The normalized spacial score (nSPS) is 14.6. The largest absolute Gasteiger partial charge is 0.455 e. The van der Waals surface area contributed by atoms with Gasteiger partial charge in [0, 0.05) is 33.4 Å². The molecule has 0 unspecified atom stereocenters. The summed E-state index contributed by atoms with van der Waals surface area (Å²) in [4.78, 5) is 2.49. The van der Waals surface area contributed by atoms with Crippen molar-refractivity contribution in [1.29, 1.82) is 0 Å². The predicted octanol–water partition coefficient (Wildman–Crippen LogP) is 11.5. The molecule has 11 rings (SSSR count). The maximum atomic E-state index is 6.65. The molecule has 9 aromatic rings. The van der Waals surface area contributed by atoms with Gasteiger partial charge in [-0.1, -0.05) is 148 Å². The lowest BCUT2D eigenvalue weighted by Gasteiger charge is -2.29. The third-order valence-electron chi connectivity index (χ3n) is 12.5. The van der Waals surface area contributed by atoms with Gasteiger partial charge in [0.15, 0.2) is 0 Å². The topological polar surface area (TPSA) is 16.4 Å². The Morgan fingerprint density at radius 2 is 1.06 bits per heavy atom. The number of para-hydroxylation sites is 1. The van der Waals surface area contributed by atoms with Crippen LogP contribution in [0.1, 0.15) is 0 Å². The highest BCUT2D eigenvalue weighted by molar-refractivity contribution is 7.04. The highest BCUT2D eigenvalue weighted by Crippen LogP contribution is 2.43. The van der Waals surface area contributed by atoms with Crippen LogP contribution in [0, 0.1) is 0 Å². The number of fused-ring (bicyclic) bond motifs is 11. The van der Waals surface area contributed by atoms with Crippen LogP contribution in [0.2, 0.25) is 26.2 Å². The van der Waals surface area contributed by atoms with Crippen LogP contribution in [0.15, 0.2) is 168 Å². The predicted molar refractivity (Wildman–Crippen MR) is 236 cm³/mol. The fourth-order valence-electron chi connectivity index (χ4n) is 9.71. The first kappa shape index (κ1) is 31.6. The third kappa shape index (κ3) is 4.38. The molecule has 0 saturated heterocycles. The van der Waals surface area contributed by atoms with Crippen LogP contribution in [0.5, 0.6) is 0 Å². The Balaban J connectivity index is 1.13. The molecule has 3 heterocycles. The standard InChI is InChI=1S/C50H39NOSi2/c1-53(2)45-22-10-8-19-40(45)43-30-35(24-27-46(43)53)51(34-16-11-15-33(29-34)38-20-12-14-32-13-5-6-17-37(32)38)36-23-25-42-48(31-36)54(3,4)47-28-26-41-39-18-7-9-21-44(39)52-50(41)49(42)47/h5-31H,1-4H3. The van der Waals surface area contributed by atoms with Crippen LogP contribution in [-0.4, -0.2) is 16.1 Å². The van der Waals surface area contributed by atoms with E-state index in [4.69, 9.17) is 4.42 Å². The Hall–Kier alpha value is -5.95. The molecule has 4 heteroatoms. The molecule has 0 amide bonds. The van der Waals surface area contributed by atoms with Crippen molar-refractivity contribution in [3.8, 4) is 33.4 Å². The van der Waals surface area contributed by atoms with Crippen molar-refractivity contribution in [1.82, 2.24) is 0 Å². The molecule has 0 saturated carbocycles. The summed E-state index contributed by atoms with van der Waals surface area (Å²) in [5, 5.41) is 10.9. The molecule has 0 spiro atoms. The van der Waals surface area contributed by atoms with Crippen molar-refractivity contribution >= 4 is 86.7 Å².